The van der Waals surface area contributed by atoms with Gasteiger partial charge in [-0.3, -0.25) is 4.90 Å². The minimum absolute atomic E-state index is 0.510. The Balaban J connectivity index is 1.70. The molecule has 0 spiro atoms. The predicted octanol–water partition coefficient (Wildman–Crippen LogP) is 2.29. The zero-order valence-electron chi connectivity index (χ0n) is 11.3. The summed E-state index contributed by atoms with van der Waals surface area (Å²) < 4.78 is 6.37. The Kier molecular flexibility index (Phi) is 4.14. The molecule has 1 saturated heterocycles. The van der Waals surface area contributed by atoms with Crippen LogP contribution in [0.2, 0.25) is 0 Å². The van der Waals surface area contributed by atoms with Gasteiger partial charge in [-0.05, 0) is 19.1 Å². The molecule has 0 bridgehead atoms. The van der Waals surface area contributed by atoms with E-state index in [4.69, 9.17) is 4.52 Å². The molecule has 1 aliphatic heterocycles. The van der Waals surface area contributed by atoms with Crippen LogP contribution in [0.25, 0.3) is 11.4 Å². The number of halogens is 1. The number of hydrogen-bond donors (Lipinski definition) is 1. The van der Waals surface area contributed by atoms with Crippen molar-refractivity contribution in [2.75, 3.05) is 19.6 Å². The first kappa shape index (κ1) is 13.7. The Morgan fingerprint density at radius 3 is 3.20 bits per heavy atom. The van der Waals surface area contributed by atoms with Gasteiger partial charge in [-0.1, -0.05) is 33.2 Å². The van der Waals surface area contributed by atoms with Crippen LogP contribution in [0.15, 0.2) is 33.3 Å². The summed E-state index contributed by atoms with van der Waals surface area (Å²) in [5.41, 5.74) is 0.961. The topological polar surface area (TPSA) is 54.2 Å². The summed E-state index contributed by atoms with van der Waals surface area (Å²) in [5.74, 6) is 1.32. The lowest BCUT2D eigenvalue weighted by molar-refractivity contribution is 0.177. The maximum absolute atomic E-state index is 5.36. The molecule has 0 amide bonds. The van der Waals surface area contributed by atoms with E-state index in [1.54, 1.807) is 0 Å². The summed E-state index contributed by atoms with van der Waals surface area (Å²) in [6.07, 6.45) is 0. The third kappa shape index (κ3) is 3.26. The van der Waals surface area contributed by atoms with Crippen molar-refractivity contribution in [1.29, 1.82) is 0 Å². The molecule has 0 unspecified atom stereocenters. The molecule has 106 valence electrons. The Morgan fingerprint density at radius 2 is 2.40 bits per heavy atom. The molecule has 1 fully saturated rings. The van der Waals surface area contributed by atoms with E-state index in [1.165, 1.54) is 0 Å². The molecule has 3 rings (SSSR count). The fourth-order valence-corrected chi connectivity index (χ4v) is 2.81. The molecular weight excluding hydrogens is 320 g/mol. The second kappa shape index (κ2) is 6.03. The maximum atomic E-state index is 5.36. The number of hydrogen-bond acceptors (Lipinski definition) is 5. The van der Waals surface area contributed by atoms with E-state index in [-0.39, 0.29) is 0 Å². The smallest absolute Gasteiger partial charge is 0.241 e. The van der Waals surface area contributed by atoms with E-state index in [1.807, 2.05) is 24.3 Å². The van der Waals surface area contributed by atoms with Crippen LogP contribution in [-0.2, 0) is 6.54 Å². The molecule has 1 aromatic carbocycles. The molecular formula is C14H17BrN4O. The Labute approximate surface area is 126 Å². The lowest BCUT2D eigenvalue weighted by atomic mass is 10.2. The molecule has 5 nitrogen and oxygen atoms in total. The minimum atomic E-state index is 0.510. The summed E-state index contributed by atoms with van der Waals surface area (Å²) in [4.78, 5) is 6.81. The van der Waals surface area contributed by atoms with Crippen molar-refractivity contribution in [3.8, 4) is 11.4 Å². The maximum Gasteiger partial charge on any atom is 0.241 e. The van der Waals surface area contributed by atoms with Gasteiger partial charge < -0.3 is 9.84 Å². The van der Waals surface area contributed by atoms with Crippen LogP contribution in [0.4, 0.5) is 0 Å². The third-order valence-electron chi connectivity index (χ3n) is 3.36. The van der Waals surface area contributed by atoms with Crippen molar-refractivity contribution in [3.05, 3.63) is 34.6 Å². The van der Waals surface area contributed by atoms with Gasteiger partial charge in [0, 0.05) is 35.7 Å². The highest BCUT2D eigenvalue weighted by Crippen LogP contribution is 2.20. The fraction of sp³-hybridized carbons (Fsp3) is 0.429. The van der Waals surface area contributed by atoms with Crippen molar-refractivity contribution in [1.82, 2.24) is 20.4 Å². The standard InChI is InChI=1S/C14H17BrN4O/c1-10-8-19(6-5-16-10)9-13-17-14(18-20-13)11-3-2-4-12(15)7-11/h2-4,7,10,16H,5-6,8-9H2,1H3/t10-/m1/s1. The van der Waals surface area contributed by atoms with E-state index >= 15 is 0 Å². The van der Waals surface area contributed by atoms with E-state index in [9.17, 15) is 0 Å². The highest BCUT2D eigenvalue weighted by molar-refractivity contribution is 9.10. The Morgan fingerprint density at radius 1 is 1.50 bits per heavy atom. The van der Waals surface area contributed by atoms with Gasteiger partial charge in [-0.25, -0.2) is 0 Å². The average molecular weight is 337 g/mol. The first-order valence-corrected chi connectivity index (χ1v) is 7.54. The summed E-state index contributed by atoms with van der Waals surface area (Å²) in [6.45, 7) is 5.93. The van der Waals surface area contributed by atoms with Crippen LogP contribution < -0.4 is 5.32 Å². The molecule has 0 aliphatic carbocycles. The van der Waals surface area contributed by atoms with Crippen LogP contribution in [0, 0.1) is 0 Å². The monoisotopic (exact) mass is 336 g/mol. The molecule has 2 heterocycles. The van der Waals surface area contributed by atoms with E-state index < -0.39 is 0 Å². The van der Waals surface area contributed by atoms with Crippen molar-refractivity contribution in [2.24, 2.45) is 0 Å². The molecule has 1 aromatic heterocycles. The number of nitrogens with zero attached hydrogens (tertiary/aromatic N) is 3. The summed E-state index contributed by atoms with van der Waals surface area (Å²) in [6, 6.07) is 8.42. The predicted molar refractivity (Wildman–Crippen MR) is 80.2 cm³/mol. The number of aromatic nitrogens is 2. The van der Waals surface area contributed by atoms with Crippen molar-refractivity contribution < 1.29 is 4.52 Å². The highest BCUT2D eigenvalue weighted by Gasteiger charge is 2.18. The van der Waals surface area contributed by atoms with Crippen LogP contribution in [0.1, 0.15) is 12.8 Å². The zero-order chi connectivity index (χ0) is 13.9. The SMILES string of the molecule is C[C@@H]1CN(Cc2nc(-c3cccc(Br)c3)no2)CCN1. The second-order valence-electron chi connectivity index (χ2n) is 5.11. The van der Waals surface area contributed by atoms with Gasteiger partial charge in [0.1, 0.15) is 0 Å². The summed E-state index contributed by atoms with van der Waals surface area (Å²) in [7, 11) is 0. The van der Waals surface area contributed by atoms with Gasteiger partial charge in [0.2, 0.25) is 11.7 Å². The molecule has 1 aliphatic rings. The normalized spacial score (nSPS) is 20.2. The van der Waals surface area contributed by atoms with E-state index in [0.29, 0.717) is 24.3 Å². The lowest BCUT2D eigenvalue weighted by Crippen LogP contribution is -2.48. The van der Waals surface area contributed by atoms with Crippen molar-refractivity contribution in [3.63, 3.8) is 0 Å². The molecule has 2 aromatic rings. The number of piperazine rings is 1. The van der Waals surface area contributed by atoms with Gasteiger partial charge >= 0.3 is 0 Å². The molecule has 0 saturated carbocycles. The molecule has 6 heteroatoms. The van der Waals surface area contributed by atoms with E-state index in [2.05, 4.69) is 43.2 Å². The van der Waals surface area contributed by atoms with Crippen LogP contribution in [-0.4, -0.2) is 40.7 Å². The molecule has 1 atom stereocenters. The summed E-state index contributed by atoms with van der Waals surface area (Å²) >= 11 is 3.45. The van der Waals surface area contributed by atoms with Crippen molar-refractivity contribution in [2.45, 2.75) is 19.5 Å². The lowest BCUT2D eigenvalue weighted by Gasteiger charge is -2.30. The molecule has 1 N–H and O–H groups in total. The van der Waals surface area contributed by atoms with Crippen LogP contribution in [0.3, 0.4) is 0 Å². The zero-order valence-corrected chi connectivity index (χ0v) is 12.9. The van der Waals surface area contributed by atoms with Gasteiger partial charge in [0.05, 0.1) is 6.54 Å². The average Bonchev–Trinajstić information content (AvgIpc) is 2.87. The first-order chi connectivity index (χ1) is 9.70. The number of benzene rings is 1. The minimum Gasteiger partial charge on any atom is -0.338 e. The van der Waals surface area contributed by atoms with Crippen molar-refractivity contribution >= 4 is 15.9 Å². The Bertz CT molecular complexity index is 586. The first-order valence-electron chi connectivity index (χ1n) is 6.75. The van der Waals surface area contributed by atoms with Gasteiger partial charge in [0.25, 0.3) is 0 Å². The summed E-state index contributed by atoms with van der Waals surface area (Å²) in [5, 5.41) is 7.48. The second-order valence-corrected chi connectivity index (χ2v) is 6.03. The van der Waals surface area contributed by atoms with Gasteiger partial charge in [-0.15, -0.1) is 0 Å². The molecule has 0 radical (unpaired) electrons. The van der Waals surface area contributed by atoms with Gasteiger partial charge in [0.15, 0.2) is 0 Å². The van der Waals surface area contributed by atoms with E-state index in [0.717, 1.165) is 29.7 Å². The Hall–Kier alpha value is -1.24. The third-order valence-corrected chi connectivity index (χ3v) is 3.86. The fourth-order valence-electron chi connectivity index (χ4n) is 2.41. The quantitative estimate of drug-likeness (QED) is 0.931. The molecule has 20 heavy (non-hydrogen) atoms. The van der Waals surface area contributed by atoms with Crippen LogP contribution >= 0.6 is 15.9 Å². The largest absolute Gasteiger partial charge is 0.338 e. The van der Waals surface area contributed by atoms with Gasteiger partial charge in [-0.2, -0.15) is 4.98 Å². The number of nitrogens with one attached hydrogen (secondary N) is 1. The highest BCUT2D eigenvalue weighted by atomic mass is 79.9. The number of rotatable bonds is 3. The van der Waals surface area contributed by atoms with Crippen LogP contribution in [0.5, 0.6) is 0 Å².